The molecule has 10 aromatic rings. The van der Waals surface area contributed by atoms with Crippen LogP contribution in [0.2, 0.25) is 0 Å². The maximum absolute atomic E-state index is 9.84. The third-order valence-corrected chi connectivity index (χ3v) is 10.7. The van der Waals surface area contributed by atoms with Gasteiger partial charge in [0.25, 0.3) is 0 Å². The quantitative estimate of drug-likeness (QED) is 0.198. The van der Waals surface area contributed by atoms with E-state index in [-0.39, 0.29) is 0 Å². The first-order chi connectivity index (χ1) is 23.3. The number of para-hydroxylation sites is 2. The third-order valence-electron chi connectivity index (χ3n) is 9.45. The summed E-state index contributed by atoms with van der Waals surface area (Å²) in [4.78, 5) is 0. The van der Waals surface area contributed by atoms with Crippen molar-refractivity contribution in [3.05, 3.63) is 151 Å². The number of aromatic nitrogens is 1. The molecule has 3 aromatic heterocycles. The molecular formula is C43H24N2OS. The SMILES string of the molecule is N#Cc1ccc2c3ccccc3n(-c3cccc4c3sc3c(-c5ccccc5)ccc(-c5cccc6oc7ccccc7c56)c34)c2c1. The monoisotopic (exact) mass is 616 g/mol. The van der Waals surface area contributed by atoms with Crippen molar-refractivity contribution in [1.82, 2.24) is 4.57 Å². The van der Waals surface area contributed by atoms with Gasteiger partial charge in [-0.1, -0.05) is 109 Å². The Labute approximate surface area is 273 Å². The van der Waals surface area contributed by atoms with Crippen molar-refractivity contribution in [2.75, 3.05) is 0 Å². The minimum Gasteiger partial charge on any atom is -0.456 e. The predicted molar refractivity (Wildman–Crippen MR) is 197 cm³/mol. The van der Waals surface area contributed by atoms with Crippen LogP contribution in [0.1, 0.15) is 5.56 Å². The lowest BCUT2D eigenvalue weighted by molar-refractivity contribution is 0.669. The summed E-state index contributed by atoms with van der Waals surface area (Å²) in [6, 6.07) is 53.5. The van der Waals surface area contributed by atoms with Gasteiger partial charge in [-0.2, -0.15) is 5.26 Å². The Balaban J connectivity index is 1.36. The largest absolute Gasteiger partial charge is 0.456 e. The van der Waals surface area contributed by atoms with Crippen LogP contribution in [-0.2, 0) is 0 Å². The van der Waals surface area contributed by atoms with Crippen LogP contribution in [0.5, 0.6) is 0 Å². The molecule has 0 saturated heterocycles. The van der Waals surface area contributed by atoms with Gasteiger partial charge in [-0.25, -0.2) is 0 Å². The number of thiophene rings is 1. The van der Waals surface area contributed by atoms with Crippen molar-refractivity contribution in [3.8, 4) is 34.0 Å². The first-order valence-corrected chi connectivity index (χ1v) is 16.5. The van der Waals surface area contributed by atoms with Gasteiger partial charge in [0.2, 0.25) is 0 Å². The topological polar surface area (TPSA) is 41.9 Å². The zero-order valence-electron chi connectivity index (χ0n) is 25.1. The first-order valence-electron chi connectivity index (χ1n) is 15.7. The number of rotatable bonds is 3. The second kappa shape index (κ2) is 9.92. The fourth-order valence-corrected chi connectivity index (χ4v) is 8.80. The molecule has 0 aliphatic rings. The van der Waals surface area contributed by atoms with Gasteiger partial charge in [-0.3, -0.25) is 0 Å². The van der Waals surface area contributed by atoms with Gasteiger partial charge in [0.1, 0.15) is 11.2 Å². The molecule has 0 amide bonds. The predicted octanol–water partition coefficient (Wildman–Crippen LogP) is 12.3. The molecule has 0 aliphatic carbocycles. The van der Waals surface area contributed by atoms with Crippen LogP contribution >= 0.6 is 11.3 Å². The third kappa shape index (κ3) is 3.72. The van der Waals surface area contributed by atoms with E-state index in [1.54, 1.807) is 0 Å². The van der Waals surface area contributed by atoms with Gasteiger partial charge in [-0.05, 0) is 58.7 Å². The molecule has 0 saturated carbocycles. The van der Waals surface area contributed by atoms with Crippen molar-refractivity contribution in [1.29, 1.82) is 5.26 Å². The molecule has 10 rings (SSSR count). The van der Waals surface area contributed by atoms with Gasteiger partial charge in [0.15, 0.2) is 0 Å². The molecule has 47 heavy (non-hydrogen) atoms. The summed E-state index contributed by atoms with van der Waals surface area (Å²) in [6.45, 7) is 0. The van der Waals surface area contributed by atoms with Gasteiger partial charge >= 0.3 is 0 Å². The highest BCUT2D eigenvalue weighted by molar-refractivity contribution is 7.27. The van der Waals surface area contributed by atoms with E-state index < -0.39 is 0 Å². The average molecular weight is 617 g/mol. The minimum absolute atomic E-state index is 0.652. The molecule has 0 aliphatic heterocycles. The summed E-state index contributed by atoms with van der Waals surface area (Å²) >= 11 is 1.85. The highest BCUT2D eigenvalue weighted by Crippen LogP contribution is 2.49. The Kier molecular flexibility index (Phi) is 5.51. The van der Waals surface area contributed by atoms with Crippen molar-refractivity contribution in [2.24, 2.45) is 0 Å². The molecule has 0 bridgehead atoms. The normalized spacial score (nSPS) is 11.8. The summed E-state index contributed by atoms with van der Waals surface area (Å²) in [5.74, 6) is 0. The number of nitrogens with zero attached hydrogens (tertiary/aromatic N) is 2. The fourth-order valence-electron chi connectivity index (χ4n) is 7.43. The van der Waals surface area contributed by atoms with Crippen LogP contribution in [-0.4, -0.2) is 4.57 Å². The highest BCUT2D eigenvalue weighted by atomic mass is 32.1. The Morgan fingerprint density at radius 1 is 0.511 bits per heavy atom. The summed E-state index contributed by atoms with van der Waals surface area (Å²) in [5, 5.41) is 16.9. The standard InChI is InChI=1S/C43H24N2OS/c44-25-26-20-21-30-29-12-4-6-16-35(29)45(37(30)24-26)36-17-8-15-34-41-32(23-22-28(43(41)47-42(34)36)27-10-2-1-3-11-27)31-14-9-19-39-40(31)33-13-5-7-18-38(33)46-39/h1-24H. The molecule has 3 heterocycles. The average Bonchev–Trinajstić information content (AvgIpc) is 3.81. The summed E-state index contributed by atoms with van der Waals surface area (Å²) in [5.41, 5.74) is 10.5. The maximum atomic E-state index is 9.84. The van der Waals surface area contributed by atoms with E-state index in [1.165, 1.54) is 42.2 Å². The zero-order valence-corrected chi connectivity index (χ0v) is 25.9. The lowest BCUT2D eigenvalue weighted by Gasteiger charge is -2.11. The number of fused-ring (bicyclic) bond motifs is 9. The lowest BCUT2D eigenvalue weighted by Crippen LogP contribution is -1.94. The van der Waals surface area contributed by atoms with Gasteiger partial charge in [0.05, 0.1) is 33.1 Å². The lowest BCUT2D eigenvalue weighted by atomic mass is 9.92. The molecular weight excluding hydrogens is 593 g/mol. The molecule has 0 unspecified atom stereocenters. The molecule has 4 heteroatoms. The number of nitriles is 1. The zero-order chi connectivity index (χ0) is 31.1. The van der Waals surface area contributed by atoms with Crippen LogP contribution in [0.15, 0.2) is 150 Å². The fraction of sp³-hybridized carbons (Fsp3) is 0. The van der Waals surface area contributed by atoms with E-state index in [0.29, 0.717) is 5.56 Å². The number of furan rings is 1. The number of hydrogen-bond acceptors (Lipinski definition) is 3. The van der Waals surface area contributed by atoms with Crippen molar-refractivity contribution in [2.45, 2.75) is 0 Å². The van der Waals surface area contributed by atoms with Crippen LogP contribution in [0.25, 0.3) is 91.9 Å². The van der Waals surface area contributed by atoms with E-state index in [1.807, 2.05) is 35.6 Å². The van der Waals surface area contributed by atoms with Gasteiger partial charge < -0.3 is 8.98 Å². The molecule has 0 radical (unpaired) electrons. The molecule has 3 nitrogen and oxygen atoms in total. The van der Waals surface area contributed by atoms with E-state index in [0.717, 1.165) is 49.6 Å². The van der Waals surface area contributed by atoms with Gasteiger partial charge in [0, 0.05) is 37.0 Å². The van der Waals surface area contributed by atoms with Crippen molar-refractivity contribution in [3.63, 3.8) is 0 Å². The van der Waals surface area contributed by atoms with Crippen LogP contribution in [0.3, 0.4) is 0 Å². The van der Waals surface area contributed by atoms with Crippen LogP contribution in [0, 0.1) is 11.3 Å². The van der Waals surface area contributed by atoms with Crippen molar-refractivity contribution >= 4 is 75.3 Å². The Morgan fingerprint density at radius 2 is 1.21 bits per heavy atom. The second-order valence-corrected chi connectivity index (χ2v) is 13.0. The van der Waals surface area contributed by atoms with E-state index in [4.69, 9.17) is 4.42 Å². The Hall–Kier alpha value is -6.15. The molecule has 7 aromatic carbocycles. The van der Waals surface area contributed by atoms with E-state index in [2.05, 4.69) is 132 Å². The number of hydrogen-bond donors (Lipinski definition) is 0. The maximum Gasteiger partial charge on any atom is 0.136 e. The highest BCUT2D eigenvalue weighted by Gasteiger charge is 2.22. The van der Waals surface area contributed by atoms with E-state index >= 15 is 0 Å². The van der Waals surface area contributed by atoms with Crippen molar-refractivity contribution < 1.29 is 4.42 Å². The molecule has 0 spiro atoms. The summed E-state index contributed by atoms with van der Waals surface area (Å²) < 4.78 is 11.1. The van der Waals surface area contributed by atoms with Crippen LogP contribution < -0.4 is 0 Å². The molecule has 218 valence electrons. The van der Waals surface area contributed by atoms with Gasteiger partial charge in [-0.15, -0.1) is 11.3 Å². The molecule has 0 fully saturated rings. The van der Waals surface area contributed by atoms with Crippen LogP contribution in [0.4, 0.5) is 0 Å². The smallest absolute Gasteiger partial charge is 0.136 e. The molecule has 0 atom stereocenters. The summed E-state index contributed by atoms with van der Waals surface area (Å²) in [7, 11) is 0. The Morgan fingerprint density at radius 3 is 2.11 bits per heavy atom. The second-order valence-electron chi connectivity index (χ2n) is 12.0. The Bertz CT molecular complexity index is 2920. The van der Waals surface area contributed by atoms with E-state index in [9.17, 15) is 5.26 Å². The number of benzene rings is 7. The minimum atomic E-state index is 0.652. The first kappa shape index (κ1) is 26.1. The summed E-state index contributed by atoms with van der Waals surface area (Å²) in [6.07, 6.45) is 0. The molecule has 0 N–H and O–H groups in total.